The van der Waals surface area contributed by atoms with Crippen molar-refractivity contribution in [1.29, 1.82) is 0 Å². The normalized spacial score (nSPS) is 22.8. The first-order chi connectivity index (χ1) is 13.1. The molecule has 27 heavy (non-hydrogen) atoms. The molecule has 0 aromatic carbocycles. The van der Waals surface area contributed by atoms with Gasteiger partial charge in [-0.25, -0.2) is 13.4 Å². The lowest BCUT2D eigenvalue weighted by molar-refractivity contribution is -0.138. The van der Waals surface area contributed by atoms with Gasteiger partial charge in [-0.05, 0) is 37.1 Å². The van der Waals surface area contributed by atoms with Crippen molar-refractivity contribution in [3.8, 4) is 0 Å². The van der Waals surface area contributed by atoms with E-state index in [1.54, 1.807) is 23.7 Å². The molecule has 9 heteroatoms. The van der Waals surface area contributed by atoms with Crippen LogP contribution in [0.5, 0.6) is 0 Å². The van der Waals surface area contributed by atoms with Gasteiger partial charge in [-0.15, -0.1) is 11.3 Å². The molecular formula is C18H24N4O3S2. The molecule has 4 heterocycles. The van der Waals surface area contributed by atoms with Gasteiger partial charge >= 0.3 is 0 Å². The van der Waals surface area contributed by atoms with Crippen LogP contribution in [0.3, 0.4) is 0 Å². The predicted octanol–water partition coefficient (Wildman–Crippen LogP) is 2.21. The lowest BCUT2D eigenvalue weighted by Crippen LogP contribution is -2.48. The molecule has 0 radical (unpaired) electrons. The third-order valence-corrected chi connectivity index (χ3v) is 8.78. The number of carbonyl (C=O) groups is 1. The Labute approximate surface area is 163 Å². The molecule has 1 amide bonds. The minimum Gasteiger partial charge on any atom is -0.342 e. The van der Waals surface area contributed by atoms with E-state index in [0.29, 0.717) is 23.3 Å². The fourth-order valence-electron chi connectivity index (χ4n) is 4.03. The van der Waals surface area contributed by atoms with Crippen molar-refractivity contribution in [2.24, 2.45) is 5.92 Å². The fraction of sp³-hybridized carbons (Fsp3) is 0.556. The Morgan fingerprint density at radius 3 is 2.67 bits per heavy atom. The van der Waals surface area contributed by atoms with Crippen molar-refractivity contribution < 1.29 is 13.2 Å². The van der Waals surface area contributed by atoms with Crippen molar-refractivity contribution >= 4 is 27.3 Å². The molecule has 1 atom stereocenters. The van der Waals surface area contributed by atoms with Crippen LogP contribution in [0.2, 0.25) is 0 Å². The molecule has 0 saturated carbocycles. The zero-order chi connectivity index (χ0) is 18.9. The van der Waals surface area contributed by atoms with E-state index in [1.807, 2.05) is 17.4 Å². The molecule has 2 aliphatic heterocycles. The molecular weight excluding hydrogens is 384 g/mol. The number of imidazole rings is 1. The molecule has 4 rings (SSSR count). The summed E-state index contributed by atoms with van der Waals surface area (Å²) in [6.45, 7) is 2.22. The second kappa shape index (κ2) is 7.73. The van der Waals surface area contributed by atoms with Gasteiger partial charge in [0.15, 0.2) is 0 Å². The summed E-state index contributed by atoms with van der Waals surface area (Å²) < 4.78 is 29.5. The third kappa shape index (κ3) is 3.81. The number of sulfonamides is 1. The highest BCUT2D eigenvalue weighted by Crippen LogP contribution is 2.29. The molecule has 0 N–H and O–H groups in total. The molecule has 0 bridgehead atoms. The summed E-state index contributed by atoms with van der Waals surface area (Å²) in [7, 11) is -3.48. The maximum atomic E-state index is 13.0. The molecule has 1 unspecified atom stereocenters. The summed E-state index contributed by atoms with van der Waals surface area (Å²) >= 11 is 1.23. The molecule has 2 fully saturated rings. The van der Waals surface area contributed by atoms with Crippen LogP contribution in [0.1, 0.15) is 31.7 Å². The van der Waals surface area contributed by atoms with Crippen LogP contribution < -0.4 is 0 Å². The Morgan fingerprint density at radius 1 is 1.19 bits per heavy atom. The van der Waals surface area contributed by atoms with E-state index in [2.05, 4.69) is 9.55 Å². The first-order valence-corrected chi connectivity index (χ1v) is 11.7. The standard InChI is InChI=1S/C18H24N4O3S2/c23-18(20-9-5-16(6-10-20)21-11-7-19-14-21)15-3-1-8-22(13-15)27(24,25)17-4-2-12-26-17/h2,4,7,11-12,14-16H,1,3,5-6,8-10,13H2. The average molecular weight is 409 g/mol. The molecule has 7 nitrogen and oxygen atoms in total. The van der Waals surface area contributed by atoms with Gasteiger partial charge in [0.2, 0.25) is 5.91 Å². The monoisotopic (exact) mass is 408 g/mol. The molecule has 146 valence electrons. The number of aromatic nitrogens is 2. The number of likely N-dealkylation sites (tertiary alicyclic amines) is 1. The van der Waals surface area contributed by atoms with E-state index < -0.39 is 10.0 Å². The summed E-state index contributed by atoms with van der Waals surface area (Å²) in [5, 5.41) is 1.77. The van der Waals surface area contributed by atoms with Crippen LogP contribution in [0.25, 0.3) is 0 Å². The number of nitrogens with zero attached hydrogens (tertiary/aromatic N) is 4. The minimum atomic E-state index is -3.48. The summed E-state index contributed by atoms with van der Waals surface area (Å²) in [4.78, 5) is 19.0. The maximum absolute atomic E-state index is 13.0. The summed E-state index contributed by atoms with van der Waals surface area (Å²) in [5.74, 6) is -0.136. The van der Waals surface area contributed by atoms with E-state index in [9.17, 15) is 13.2 Å². The molecule has 0 aliphatic carbocycles. The SMILES string of the molecule is O=C(C1CCCN(S(=O)(=O)c2cccs2)C1)N1CCC(n2ccnc2)CC1. The van der Waals surface area contributed by atoms with Crippen molar-refractivity contribution in [3.05, 3.63) is 36.2 Å². The van der Waals surface area contributed by atoms with Crippen LogP contribution in [0.15, 0.2) is 40.4 Å². The van der Waals surface area contributed by atoms with Gasteiger partial charge in [-0.2, -0.15) is 4.31 Å². The Hall–Kier alpha value is -1.71. The highest BCUT2D eigenvalue weighted by atomic mass is 32.2. The van der Waals surface area contributed by atoms with E-state index in [-0.39, 0.29) is 11.8 Å². The van der Waals surface area contributed by atoms with Crippen molar-refractivity contribution in [2.75, 3.05) is 26.2 Å². The van der Waals surface area contributed by atoms with Crippen molar-refractivity contribution in [2.45, 2.75) is 35.9 Å². The third-order valence-electron chi connectivity index (χ3n) is 5.55. The van der Waals surface area contributed by atoms with E-state index in [4.69, 9.17) is 0 Å². The van der Waals surface area contributed by atoms with Gasteiger partial charge in [-0.3, -0.25) is 4.79 Å². The first kappa shape index (κ1) is 18.6. The molecule has 2 aliphatic rings. The lowest BCUT2D eigenvalue weighted by Gasteiger charge is -2.37. The highest BCUT2D eigenvalue weighted by Gasteiger charge is 2.36. The molecule has 2 aromatic rings. The minimum absolute atomic E-state index is 0.102. The van der Waals surface area contributed by atoms with E-state index >= 15 is 0 Å². The fourth-order valence-corrected chi connectivity index (χ4v) is 6.70. The van der Waals surface area contributed by atoms with Gasteiger partial charge in [0.05, 0.1) is 12.2 Å². The van der Waals surface area contributed by atoms with Crippen LogP contribution in [0, 0.1) is 5.92 Å². The molecule has 2 saturated heterocycles. The second-order valence-corrected chi connectivity index (χ2v) is 10.3. The smallest absolute Gasteiger partial charge is 0.252 e. The zero-order valence-corrected chi connectivity index (χ0v) is 16.7. The first-order valence-electron chi connectivity index (χ1n) is 9.35. The van der Waals surface area contributed by atoms with Crippen molar-refractivity contribution in [1.82, 2.24) is 18.8 Å². The largest absolute Gasteiger partial charge is 0.342 e. The quantitative estimate of drug-likeness (QED) is 0.777. The second-order valence-electron chi connectivity index (χ2n) is 7.20. The molecule has 0 spiro atoms. The van der Waals surface area contributed by atoms with Gasteiger partial charge in [-0.1, -0.05) is 6.07 Å². The van der Waals surface area contributed by atoms with Crippen LogP contribution >= 0.6 is 11.3 Å². The van der Waals surface area contributed by atoms with Gasteiger partial charge in [0.1, 0.15) is 4.21 Å². The van der Waals surface area contributed by atoms with E-state index in [0.717, 1.165) is 38.8 Å². The van der Waals surface area contributed by atoms with Crippen LogP contribution in [-0.4, -0.2) is 59.3 Å². The summed E-state index contributed by atoms with van der Waals surface area (Å²) in [6, 6.07) is 3.76. The van der Waals surface area contributed by atoms with Gasteiger partial charge < -0.3 is 9.47 Å². The number of rotatable bonds is 4. The highest BCUT2D eigenvalue weighted by molar-refractivity contribution is 7.91. The summed E-state index contributed by atoms with van der Waals surface area (Å²) in [5.41, 5.74) is 0. The predicted molar refractivity (Wildman–Crippen MR) is 103 cm³/mol. The topological polar surface area (TPSA) is 75.5 Å². The Balaban J connectivity index is 1.38. The Morgan fingerprint density at radius 2 is 2.00 bits per heavy atom. The number of piperidine rings is 2. The van der Waals surface area contributed by atoms with Crippen molar-refractivity contribution in [3.63, 3.8) is 0 Å². The number of amides is 1. The number of hydrogen-bond acceptors (Lipinski definition) is 5. The maximum Gasteiger partial charge on any atom is 0.252 e. The van der Waals surface area contributed by atoms with Gasteiger partial charge in [0, 0.05) is 44.6 Å². The lowest BCUT2D eigenvalue weighted by atomic mass is 9.96. The number of carbonyl (C=O) groups excluding carboxylic acids is 1. The van der Waals surface area contributed by atoms with Crippen LogP contribution in [-0.2, 0) is 14.8 Å². The van der Waals surface area contributed by atoms with Crippen LogP contribution in [0.4, 0.5) is 0 Å². The molecule has 2 aromatic heterocycles. The Bertz CT molecular complexity index is 857. The number of hydrogen-bond donors (Lipinski definition) is 0. The van der Waals surface area contributed by atoms with Gasteiger partial charge in [0.25, 0.3) is 10.0 Å². The average Bonchev–Trinajstić information content (AvgIpc) is 3.42. The zero-order valence-electron chi connectivity index (χ0n) is 15.1. The van der Waals surface area contributed by atoms with E-state index in [1.165, 1.54) is 15.6 Å². The number of thiophene rings is 1. The Kier molecular flexibility index (Phi) is 5.34. The summed E-state index contributed by atoms with van der Waals surface area (Å²) in [6.07, 6.45) is 8.89.